The minimum absolute atomic E-state index is 0.0358. The van der Waals surface area contributed by atoms with Gasteiger partial charge in [-0.05, 0) is 93.1 Å². The van der Waals surface area contributed by atoms with Crippen molar-refractivity contribution in [2.45, 2.75) is 74.4 Å². The highest BCUT2D eigenvalue weighted by molar-refractivity contribution is 7.98. The summed E-state index contributed by atoms with van der Waals surface area (Å²) in [5.74, 6) is -0.291. The summed E-state index contributed by atoms with van der Waals surface area (Å²) in [5.41, 5.74) is 0.754. The highest BCUT2D eigenvalue weighted by atomic mass is 35.5. The molecule has 1 aliphatic rings. The van der Waals surface area contributed by atoms with Crippen LogP contribution >= 0.6 is 35.0 Å². The fourth-order valence-electron chi connectivity index (χ4n) is 5.42. The number of benzene rings is 3. The molecule has 242 valence electrons. The summed E-state index contributed by atoms with van der Waals surface area (Å²) in [4.78, 5) is 30.4. The van der Waals surface area contributed by atoms with Crippen LogP contribution in [0.1, 0.15) is 51.5 Å². The van der Waals surface area contributed by atoms with E-state index in [1.54, 1.807) is 54.6 Å². The zero-order valence-electron chi connectivity index (χ0n) is 25.7. The minimum Gasteiger partial charge on any atom is -0.494 e. The molecule has 1 N–H and O–H groups in total. The lowest BCUT2D eigenvalue weighted by Crippen LogP contribution is -2.53. The van der Waals surface area contributed by atoms with Crippen molar-refractivity contribution in [3.05, 3.63) is 82.3 Å². The fraction of sp³-hybridized carbons (Fsp3) is 0.394. The molecule has 0 bridgehead atoms. The number of anilines is 1. The van der Waals surface area contributed by atoms with Crippen LogP contribution in [0.15, 0.2) is 76.5 Å². The molecule has 0 spiro atoms. The van der Waals surface area contributed by atoms with Crippen molar-refractivity contribution in [1.82, 2.24) is 10.2 Å². The Kier molecular flexibility index (Phi) is 12.5. The van der Waals surface area contributed by atoms with Crippen molar-refractivity contribution < 1.29 is 22.7 Å². The molecule has 45 heavy (non-hydrogen) atoms. The number of hydrogen-bond acceptors (Lipinski definition) is 6. The third kappa shape index (κ3) is 8.67. The van der Waals surface area contributed by atoms with E-state index in [1.807, 2.05) is 20.1 Å². The average molecular weight is 693 g/mol. The molecule has 1 saturated carbocycles. The molecule has 0 saturated heterocycles. The number of halogens is 2. The zero-order valence-corrected chi connectivity index (χ0v) is 28.8. The van der Waals surface area contributed by atoms with Crippen LogP contribution in [0, 0.1) is 0 Å². The van der Waals surface area contributed by atoms with E-state index in [0.29, 0.717) is 34.4 Å². The van der Waals surface area contributed by atoms with Crippen LogP contribution in [0.3, 0.4) is 0 Å². The Labute approximate surface area is 280 Å². The van der Waals surface area contributed by atoms with Crippen LogP contribution in [0.25, 0.3) is 0 Å². The maximum Gasteiger partial charge on any atom is 0.264 e. The van der Waals surface area contributed by atoms with Gasteiger partial charge in [-0.25, -0.2) is 8.42 Å². The van der Waals surface area contributed by atoms with E-state index in [2.05, 4.69) is 5.32 Å². The quantitative estimate of drug-likeness (QED) is 0.180. The normalized spacial score (nSPS) is 14.2. The van der Waals surface area contributed by atoms with Crippen LogP contribution in [-0.4, -0.2) is 56.6 Å². The molecule has 1 aliphatic carbocycles. The number of nitrogens with one attached hydrogen (secondary N) is 1. The standard InChI is InChI=1S/C33H39Cl2N3O5S2/c1-4-31(33(40)36-23-9-6-7-10-23)37(21-28-29(34)11-8-12-30(28)35)32(39)22-38(24-13-15-25(16-14-24)43-5-2)45(41,42)27-19-17-26(44-3)18-20-27/h8,11-20,23,31H,4-7,9-10,21-22H2,1-3H3,(H,36,40)/t31-/m0/s1. The second kappa shape index (κ2) is 16.1. The van der Waals surface area contributed by atoms with E-state index in [9.17, 15) is 18.0 Å². The van der Waals surface area contributed by atoms with Gasteiger partial charge in [0.15, 0.2) is 0 Å². The maximum atomic E-state index is 14.4. The van der Waals surface area contributed by atoms with Crippen molar-refractivity contribution in [2.24, 2.45) is 0 Å². The number of rotatable bonds is 14. The molecule has 12 heteroatoms. The third-order valence-electron chi connectivity index (χ3n) is 7.84. The number of ether oxygens (including phenoxy) is 1. The number of hydrogen-bond donors (Lipinski definition) is 1. The van der Waals surface area contributed by atoms with Gasteiger partial charge in [-0.3, -0.25) is 13.9 Å². The molecular weight excluding hydrogens is 653 g/mol. The summed E-state index contributed by atoms with van der Waals surface area (Å²) in [7, 11) is -4.21. The molecule has 2 amide bonds. The van der Waals surface area contributed by atoms with Crippen LogP contribution in [0.2, 0.25) is 10.0 Å². The van der Waals surface area contributed by atoms with Gasteiger partial charge in [0.2, 0.25) is 11.8 Å². The van der Waals surface area contributed by atoms with Gasteiger partial charge in [0.05, 0.1) is 17.2 Å². The first-order chi connectivity index (χ1) is 21.6. The Morgan fingerprint density at radius 3 is 2.16 bits per heavy atom. The molecule has 0 unspecified atom stereocenters. The van der Waals surface area contributed by atoms with Crippen LogP contribution in [0.5, 0.6) is 5.75 Å². The van der Waals surface area contributed by atoms with Crippen LogP contribution in [-0.2, 0) is 26.2 Å². The number of carbonyl (C=O) groups excluding carboxylic acids is 2. The van der Waals surface area contributed by atoms with E-state index < -0.39 is 28.5 Å². The predicted octanol–water partition coefficient (Wildman–Crippen LogP) is 7.18. The Hall–Kier alpha value is -2.92. The number of sulfonamides is 1. The van der Waals surface area contributed by atoms with E-state index in [-0.39, 0.29) is 29.1 Å². The molecule has 8 nitrogen and oxygen atoms in total. The summed E-state index contributed by atoms with van der Waals surface area (Å²) >= 11 is 14.5. The van der Waals surface area contributed by atoms with E-state index in [4.69, 9.17) is 27.9 Å². The summed E-state index contributed by atoms with van der Waals surface area (Å²) in [6, 6.07) is 17.2. The van der Waals surface area contributed by atoms with Gasteiger partial charge < -0.3 is 15.0 Å². The van der Waals surface area contributed by atoms with Crippen molar-refractivity contribution in [1.29, 1.82) is 0 Å². The van der Waals surface area contributed by atoms with Crippen LogP contribution in [0.4, 0.5) is 5.69 Å². The van der Waals surface area contributed by atoms with Gasteiger partial charge in [0.1, 0.15) is 18.3 Å². The first kappa shape index (κ1) is 34.9. The Balaban J connectivity index is 1.75. The maximum absolute atomic E-state index is 14.4. The van der Waals surface area contributed by atoms with Gasteiger partial charge >= 0.3 is 0 Å². The van der Waals surface area contributed by atoms with Crippen LogP contribution < -0.4 is 14.4 Å². The van der Waals surface area contributed by atoms with Gasteiger partial charge in [-0.1, -0.05) is 49.0 Å². The summed E-state index contributed by atoms with van der Waals surface area (Å²) in [5, 5.41) is 3.79. The SMILES string of the molecule is CCOc1ccc(N(CC(=O)N(Cc2c(Cl)cccc2Cl)[C@@H](CC)C(=O)NC2CCCC2)S(=O)(=O)c2ccc(SC)cc2)cc1. The second-order valence-electron chi connectivity index (χ2n) is 10.7. The first-order valence-electron chi connectivity index (χ1n) is 15.0. The third-order valence-corrected chi connectivity index (χ3v) is 11.1. The van der Waals surface area contributed by atoms with E-state index in [1.165, 1.54) is 28.8 Å². The molecule has 3 aromatic carbocycles. The summed E-state index contributed by atoms with van der Waals surface area (Å²) in [6.45, 7) is 3.49. The lowest BCUT2D eigenvalue weighted by Gasteiger charge is -2.34. The molecule has 4 rings (SSSR count). The monoisotopic (exact) mass is 691 g/mol. The van der Waals surface area contributed by atoms with Gasteiger partial charge in [0, 0.05) is 33.1 Å². The predicted molar refractivity (Wildman–Crippen MR) is 182 cm³/mol. The van der Waals surface area contributed by atoms with Crippen molar-refractivity contribution >= 4 is 62.5 Å². The topological polar surface area (TPSA) is 96.0 Å². The average Bonchev–Trinajstić information content (AvgIpc) is 3.54. The molecule has 0 aromatic heterocycles. The number of nitrogens with zero attached hydrogens (tertiary/aromatic N) is 2. The van der Waals surface area contributed by atoms with Crippen molar-refractivity contribution in [3.8, 4) is 5.75 Å². The minimum atomic E-state index is -4.21. The fourth-order valence-corrected chi connectivity index (χ4v) is 7.76. The van der Waals surface area contributed by atoms with Crippen molar-refractivity contribution in [2.75, 3.05) is 23.7 Å². The largest absolute Gasteiger partial charge is 0.494 e. The van der Waals surface area contributed by atoms with E-state index in [0.717, 1.165) is 34.9 Å². The zero-order chi connectivity index (χ0) is 32.6. The number of carbonyl (C=O) groups is 2. The smallest absolute Gasteiger partial charge is 0.264 e. The molecule has 0 radical (unpaired) electrons. The molecule has 0 heterocycles. The van der Waals surface area contributed by atoms with E-state index >= 15 is 0 Å². The number of amides is 2. The van der Waals surface area contributed by atoms with Gasteiger partial charge in [0.25, 0.3) is 10.0 Å². The molecule has 1 atom stereocenters. The molecule has 3 aromatic rings. The molecule has 1 fully saturated rings. The summed E-state index contributed by atoms with van der Waals surface area (Å²) < 4.78 is 35.0. The Bertz CT molecular complexity index is 1540. The first-order valence-corrected chi connectivity index (χ1v) is 18.4. The highest BCUT2D eigenvalue weighted by Gasteiger charge is 2.35. The molecule has 0 aliphatic heterocycles. The number of thioether (sulfide) groups is 1. The lowest BCUT2D eigenvalue weighted by atomic mass is 10.1. The molecular formula is C33H39Cl2N3O5S2. The van der Waals surface area contributed by atoms with Gasteiger partial charge in [-0.2, -0.15) is 0 Å². The summed E-state index contributed by atoms with van der Waals surface area (Å²) in [6.07, 6.45) is 6.04. The second-order valence-corrected chi connectivity index (χ2v) is 14.3. The Morgan fingerprint density at radius 2 is 1.60 bits per heavy atom. The lowest BCUT2D eigenvalue weighted by molar-refractivity contribution is -0.140. The highest BCUT2D eigenvalue weighted by Crippen LogP contribution is 2.30. The van der Waals surface area contributed by atoms with Crippen molar-refractivity contribution in [3.63, 3.8) is 0 Å². The van der Waals surface area contributed by atoms with Gasteiger partial charge in [-0.15, -0.1) is 11.8 Å². The Morgan fingerprint density at radius 1 is 0.978 bits per heavy atom.